The molecule has 18 heavy (non-hydrogen) atoms. The Morgan fingerprint density at radius 1 is 1.00 bits per heavy atom. The molecule has 0 saturated heterocycles. The zero-order valence-corrected chi connectivity index (χ0v) is 11.5. The van der Waals surface area contributed by atoms with Crippen LogP contribution >= 0.6 is 22.6 Å². The minimum Gasteiger partial charge on any atom is -0.324 e. The predicted molar refractivity (Wildman–Crippen MR) is 79.8 cm³/mol. The van der Waals surface area contributed by atoms with Crippen LogP contribution in [0.25, 0.3) is 10.9 Å². The molecule has 0 fully saturated rings. The summed E-state index contributed by atoms with van der Waals surface area (Å²) in [6.45, 7) is 0. The monoisotopic (exact) mass is 348 g/mol. The maximum Gasteiger partial charge on any atom is 0.227 e. The highest BCUT2D eigenvalue weighted by atomic mass is 127. The van der Waals surface area contributed by atoms with E-state index >= 15 is 0 Å². The number of hydrogen-bond acceptors (Lipinski definition) is 4. The van der Waals surface area contributed by atoms with Gasteiger partial charge in [0.2, 0.25) is 5.95 Å². The molecule has 0 amide bonds. The normalized spacial score (nSPS) is 10.5. The lowest BCUT2D eigenvalue weighted by molar-refractivity contribution is 1.15. The van der Waals surface area contributed by atoms with Gasteiger partial charge < -0.3 is 5.32 Å². The summed E-state index contributed by atoms with van der Waals surface area (Å²) in [6, 6.07) is 9.93. The quantitative estimate of drug-likeness (QED) is 0.722. The summed E-state index contributed by atoms with van der Waals surface area (Å²) in [5.41, 5.74) is 1.93. The van der Waals surface area contributed by atoms with Crippen LogP contribution in [0.4, 0.5) is 11.6 Å². The van der Waals surface area contributed by atoms with Gasteiger partial charge in [0.05, 0.1) is 5.52 Å². The average Bonchev–Trinajstić information content (AvgIpc) is 2.41. The molecule has 1 aromatic carbocycles. The Labute approximate surface area is 118 Å². The van der Waals surface area contributed by atoms with Crippen molar-refractivity contribution in [3.8, 4) is 0 Å². The fraction of sp³-hybridized carbons (Fsp3) is 0. The molecule has 0 unspecified atom stereocenters. The fourth-order valence-electron chi connectivity index (χ4n) is 1.66. The zero-order valence-electron chi connectivity index (χ0n) is 9.34. The highest BCUT2D eigenvalue weighted by Crippen LogP contribution is 2.19. The highest BCUT2D eigenvalue weighted by Gasteiger charge is 1.99. The zero-order chi connectivity index (χ0) is 12.4. The number of fused-ring (bicyclic) bond motifs is 1. The molecule has 1 N–H and O–H groups in total. The Bertz CT molecular complexity index is 682. The van der Waals surface area contributed by atoms with Crippen LogP contribution in [-0.2, 0) is 0 Å². The average molecular weight is 348 g/mol. The Morgan fingerprint density at radius 2 is 1.83 bits per heavy atom. The van der Waals surface area contributed by atoms with Crippen molar-refractivity contribution in [2.45, 2.75) is 0 Å². The third kappa shape index (κ3) is 2.40. The number of hydrogen-bond donors (Lipinski definition) is 1. The number of halogens is 1. The molecule has 0 aliphatic heterocycles. The Hall–Kier alpha value is -1.76. The first kappa shape index (κ1) is 11.3. The van der Waals surface area contributed by atoms with E-state index in [0.29, 0.717) is 5.95 Å². The molecule has 0 aliphatic rings. The van der Waals surface area contributed by atoms with E-state index in [1.165, 1.54) is 0 Å². The fourth-order valence-corrected chi connectivity index (χ4v) is 1.94. The van der Waals surface area contributed by atoms with Gasteiger partial charge >= 0.3 is 0 Å². The van der Waals surface area contributed by atoms with E-state index in [1.54, 1.807) is 18.6 Å². The second kappa shape index (κ2) is 4.85. The van der Waals surface area contributed by atoms with Gasteiger partial charge in [-0.1, -0.05) is 6.07 Å². The Balaban J connectivity index is 1.92. The first-order valence-corrected chi connectivity index (χ1v) is 6.48. The summed E-state index contributed by atoms with van der Waals surface area (Å²) < 4.78 is 1.01. The maximum absolute atomic E-state index is 4.28. The van der Waals surface area contributed by atoms with Crippen LogP contribution in [0.1, 0.15) is 0 Å². The molecule has 3 aromatic rings. The van der Waals surface area contributed by atoms with Gasteiger partial charge in [-0.2, -0.15) is 0 Å². The lowest BCUT2D eigenvalue weighted by Gasteiger charge is -2.05. The van der Waals surface area contributed by atoms with Gasteiger partial charge in [0, 0.05) is 33.2 Å². The summed E-state index contributed by atoms with van der Waals surface area (Å²) >= 11 is 2.18. The molecule has 2 aromatic heterocycles. The van der Waals surface area contributed by atoms with Crippen LogP contribution in [0, 0.1) is 3.57 Å². The minimum atomic E-state index is 0.596. The number of pyridine rings is 1. The van der Waals surface area contributed by atoms with Crippen LogP contribution < -0.4 is 5.32 Å². The molecule has 0 bridgehead atoms. The van der Waals surface area contributed by atoms with E-state index < -0.39 is 0 Å². The summed E-state index contributed by atoms with van der Waals surface area (Å²) in [6.07, 6.45) is 5.34. The second-order valence-corrected chi connectivity index (χ2v) is 5.01. The van der Waals surface area contributed by atoms with Crippen molar-refractivity contribution in [1.82, 2.24) is 15.0 Å². The molecule has 0 spiro atoms. The van der Waals surface area contributed by atoms with Crippen LogP contribution in [0.15, 0.2) is 48.9 Å². The van der Waals surface area contributed by atoms with Gasteiger partial charge in [-0.25, -0.2) is 9.97 Å². The van der Waals surface area contributed by atoms with E-state index in [2.05, 4.69) is 42.9 Å². The molecule has 0 aliphatic carbocycles. The molecule has 0 radical (unpaired) electrons. The van der Waals surface area contributed by atoms with Crippen molar-refractivity contribution in [1.29, 1.82) is 0 Å². The highest BCUT2D eigenvalue weighted by molar-refractivity contribution is 14.1. The second-order valence-electron chi connectivity index (χ2n) is 3.76. The molecule has 0 saturated carbocycles. The standard InChI is InChI=1S/C13H9IN4/c14-10-7-16-13(17-8-10)18-11-3-4-12-9(6-11)2-1-5-15-12/h1-8H,(H,16,17,18). The Morgan fingerprint density at radius 3 is 2.67 bits per heavy atom. The molecule has 4 nitrogen and oxygen atoms in total. The minimum absolute atomic E-state index is 0.596. The van der Waals surface area contributed by atoms with Gasteiger partial charge in [0.15, 0.2) is 0 Å². The smallest absolute Gasteiger partial charge is 0.227 e. The number of anilines is 2. The predicted octanol–water partition coefficient (Wildman–Crippen LogP) is 3.37. The summed E-state index contributed by atoms with van der Waals surface area (Å²) in [5, 5.41) is 4.26. The number of aromatic nitrogens is 3. The summed E-state index contributed by atoms with van der Waals surface area (Å²) in [5.74, 6) is 0.596. The van der Waals surface area contributed by atoms with Gasteiger partial charge in [0.1, 0.15) is 0 Å². The number of nitrogens with zero attached hydrogens (tertiary/aromatic N) is 3. The van der Waals surface area contributed by atoms with Crippen LogP contribution in [-0.4, -0.2) is 15.0 Å². The third-order valence-corrected chi connectivity index (χ3v) is 3.04. The van der Waals surface area contributed by atoms with Crippen LogP contribution in [0.5, 0.6) is 0 Å². The lowest BCUT2D eigenvalue weighted by atomic mass is 10.2. The van der Waals surface area contributed by atoms with E-state index in [-0.39, 0.29) is 0 Å². The van der Waals surface area contributed by atoms with Crippen molar-refractivity contribution in [3.05, 3.63) is 52.5 Å². The summed E-state index contributed by atoms with van der Waals surface area (Å²) in [4.78, 5) is 12.7. The summed E-state index contributed by atoms with van der Waals surface area (Å²) in [7, 11) is 0. The van der Waals surface area contributed by atoms with Gasteiger partial charge in [0.25, 0.3) is 0 Å². The lowest BCUT2D eigenvalue weighted by Crippen LogP contribution is -1.96. The molecular weight excluding hydrogens is 339 g/mol. The molecule has 0 atom stereocenters. The first-order valence-electron chi connectivity index (χ1n) is 5.41. The van der Waals surface area contributed by atoms with E-state index in [1.807, 2.05) is 30.3 Å². The van der Waals surface area contributed by atoms with Crippen molar-refractivity contribution < 1.29 is 0 Å². The van der Waals surface area contributed by atoms with E-state index in [4.69, 9.17) is 0 Å². The molecular formula is C13H9IN4. The largest absolute Gasteiger partial charge is 0.324 e. The number of nitrogens with one attached hydrogen (secondary N) is 1. The van der Waals surface area contributed by atoms with Crippen molar-refractivity contribution in [2.75, 3.05) is 5.32 Å². The van der Waals surface area contributed by atoms with E-state index in [9.17, 15) is 0 Å². The first-order chi connectivity index (χ1) is 8.81. The van der Waals surface area contributed by atoms with Crippen molar-refractivity contribution >= 4 is 45.1 Å². The SMILES string of the molecule is Ic1cnc(Nc2ccc3ncccc3c2)nc1. The molecule has 2 heterocycles. The van der Waals surface area contributed by atoms with Crippen LogP contribution in [0.3, 0.4) is 0 Å². The van der Waals surface area contributed by atoms with E-state index in [0.717, 1.165) is 20.2 Å². The maximum atomic E-state index is 4.28. The molecule has 3 rings (SSSR count). The number of rotatable bonds is 2. The topological polar surface area (TPSA) is 50.7 Å². The Kier molecular flexibility index (Phi) is 3.06. The third-order valence-electron chi connectivity index (χ3n) is 2.48. The van der Waals surface area contributed by atoms with Crippen LogP contribution in [0.2, 0.25) is 0 Å². The van der Waals surface area contributed by atoms with Gasteiger partial charge in [-0.3, -0.25) is 4.98 Å². The van der Waals surface area contributed by atoms with Crippen molar-refractivity contribution in [2.24, 2.45) is 0 Å². The molecule has 88 valence electrons. The van der Waals surface area contributed by atoms with Crippen molar-refractivity contribution in [3.63, 3.8) is 0 Å². The number of benzene rings is 1. The molecule has 5 heteroatoms. The van der Waals surface area contributed by atoms with Gasteiger partial charge in [-0.05, 0) is 46.9 Å². The van der Waals surface area contributed by atoms with Gasteiger partial charge in [-0.15, -0.1) is 0 Å².